The van der Waals surface area contributed by atoms with Gasteiger partial charge in [0.25, 0.3) is 0 Å². The summed E-state index contributed by atoms with van der Waals surface area (Å²) in [6, 6.07) is 0.557. The standard InChI is InChI=1S/C9H22N2O/c1-4-5-11-9(2)8-10-6-7-12-3/h9-11H,4-8H2,1-3H3. The summed E-state index contributed by atoms with van der Waals surface area (Å²) in [6.45, 7) is 8.22. The van der Waals surface area contributed by atoms with Crippen molar-refractivity contribution in [2.75, 3.05) is 33.4 Å². The highest BCUT2D eigenvalue weighted by atomic mass is 16.5. The van der Waals surface area contributed by atoms with Crippen LogP contribution in [0.1, 0.15) is 20.3 Å². The van der Waals surface area contributed by atoms with Gasteiger partial charge in [-0.3, -0.25) is 0 Å². The zero-order valence-corrected chi connectivity index (χ0v) is 8.52. The second-order valence-corrected chi connectivity index (χ2v) is 3.05. The Hall–Kier alpha value is -0.120. The van der Waals surface area contributed by atoms with Crippen LogP contribution in [-0.4, -0.2) is 39.4 Å². The first-order valence-electron chi connectivity index (χ1n) is 4.74. The molecule has 3 nitrogen and oxygen atoms in total. The summed E-state index contributed by atoms with van der Waals surface area (Å²) in [5.41, 5.74) is 0. The third-order valence-electron chi connectivity index (χ3n) is 1.68. The predicted molar refractivity (Wildman–Crippen MR) is 52.5 cm³/mol. The average molecular weight is 174 g/mol. The molecule has 0 radical (unpaired) electrons. The number of ether oxygens (including phenoxy) is 1. The highest BCUT2D eigenvalue weighted by Gasteiger charge is 1.97. The highest BCUT2D eigenvalue weighted by Crippen LogP contribution is 1.79. The quantitative estimate of drug-likeness (QED) is 0.529. The maximum atomic E-state index is 4.92. The molecule has 0 aromatic heterocycles. The Balaban J connectivity index is 3.02. The van der Waals surface area contributed by atoms with Crippen molar-refractivity contribution in [3.8, 4) is 0 Å². The van der Waals surface area contributed by atoms with Crippen LogP contribution in [-0.2, 0) is 4.74 Å². The largest absolute Gasteiger partial charge is 0.383 e. The molecule has 74 valence electrons. The van der Waals surface area contributed by atoms with Crippen molar-refractivity contribution in [2.24, 2.45) is 0 Å². The van der Waals surface area contributed by atoms with E-state index in [9.17, 15) is 0 Å². The third kappa shape index (κ3) is 7.98. The van der Waals surface area contributed by atoms with Gasteiger partial charge in [-0.1, -0.05) is 6.92 Å². The van der Waals surface area contributed by atoms with Gasteiger partial charge in [-0.2, -0.15) is 0 Å². The summed E-state index contributed by atoms with van der Waals surface area (Å²) < 4.78 is 4.92. The molecule has 1 atom stereocenters. The summed E-state index contributed by atoms with van der Waals surface area (Å²) in [5, 5.41) is 6.71. The van der Waals surface area contributed by atoms with Crippen molar-refractivity contribution in [1.82, 2.24) is 10.6 Å². The predicted octanol–water partition coefficient (Wildman–Crippen LogP) is 0.610. The van der Waals surface area contributed by atoms with Crippen molar-refractivity contribution in [3.05, 3.63) is 0 Å². The van der Waals surface area contributed by atoms with Crippen molar-refractivity contribution >= 4 is 0 Å². The van der Waals surface area contributed by atoms with Gasteiger partial charge in [0.15, 0.2) is 0 Å². The van der Waals surface area contributed by atoms with E-state index in [4.69, 9.17) is 4.74 Å². The van der Waals surface area contributed by atoms with Crippen molar-refractivity contribution in [3.63, 3.8) is 0 Å². The molecule has 0 saturated heterocycles. The molecule has 0 aromatic rings. The lowest BCUT2D eigenvalue weighted by Crippen LogP contribution is -2.37. The van der Waals surface area contributed by atoms with Gasteiger partial charge < -0.3 is 15.4 Å². The Morgan fingerprint density at radius 2 is 2.08 bits per heavy atom. The van der Waals surface area contributed by atoms with Gasteiger partial charge in [0.05, 0.1) is 6.61 Å². The SMILES string of the molecule is CCCNC(C)CNCCOC. The van der Waals surface area contributed by atoms with Crippen LogP contribution in [0.15, 0.2) is 0 Å². The molecular formula is C9H22N2O. The number of hydrogen-bond donors (Lipinski definition) is 2. The number of hydrogen-bond acceptors (Lipinski definition) is 3. The summed E-state index contributed by atoms with van der Waals surface area (Å²) in [4.78, 5) is 0. The van der Waals surface area contributed by atoms with E-state index in [2.05, 4.69) is 24.5 Å². The van der Waals surface area contributed by atoms with E-state index in [1.807, 2.05) is 0 Å². The van der Waals surface area contributed by atoms with E-state index in [0.29, 0.717) is 6.04 Å². The van der Waals surface area contributed by atoms with Crippen molar-refractivity contribution in [2.45, 2.75) is 26.3 Å². The zero-order valence-electron chi connectivity index (χ0n) is 8.52. The summed E-state index contributed by atoms with van der Waals surface area (Å²) >= 11 is 0. The lowest BCUT2D eigenvalue weighted by Gasteiger charge is -2.13. The molecule has 0 amide bonds. The normalized spacial score (nSPS) is 13.2. The lowest BCUT2D eigenvalue weighted by molar-refractivity contribution is 0.198. The summed E-state index contributed by atoms with van der Waals surface area (Å²) in [5.74, 6) is 0. The smallest absolute Gasteiger partial charge is 0.0587 e. The van der Waals surface area contributed by atoms with Gasteiger partial charge in [-0.05, 0) is 19.9 Å². The topological polar surface area (TPSA) is 33.3 Å². The lowest BCUT2D eigenvalue weighted by atomic mass is 10.3. The summed E-state index contributed by atoms with van der Waals surface area (Å²) in [7, 11) is 1.72. The first-order valence-corrected chi connectivity index (χ1v) is 4.74. The first-order chi connectivity index (χ1) is 5.81. The Bertz CT molecular complexity index is 88.6. The molecule has 3 heteroatoms. The second kappa shape index (κ2) is 8.97. The Morgan fingerprint density at radius 3 is 2.67 bits per heavy atom. The van der Waals surface area contributed by atoms with E-state index in [0.717, 1.165) is 26.2 Å². The van der Waals surface area contributed by atoms with Crippen LogP contribution in [0, 0.1) is 0 Å². The summed E-state index contributed by atoms with van der Waals surface area (Å²) in [6.07, 6.45) is 1.20. The highest BCUT2D eigenvalue weighted by molar-refractivity contribution is 4.62. The molecule has 0 aromatic carbocycles. The van der Waals surface area contributed by atoms with Crippen LogP contribution in [0.25, 0.3) is 0 Å². The number of rotatable bonds is 8. The van der Waals surface area contributed by atoms with Gasteiger partial charge in [0, 0.05) is 26.2 Å². The maximum absolute atomic E-state index is 4.92. The average Bonchev–Trinajstić information content (AvgIpc) is 2.09. The van der Waals surface area contributed by atoms with E-state index < -0.39 is 0 Å². The minimum atomic E-state index is 0.557. The van der Waals surface area contributed by atoms with Crippen LogP contribution >= 0.6 is 0 Å². The van der Waals surface area contributed by atoms with Crippen LogP contribution < -0.4 is 10.6 Å². The minimum Gasteiger partial charge on any atom is -0.383 e. The molecule has 0 aliphatic heterocycles. The van der Waals surface area contributed by atoms with E-state index >= 15 is 0 Å². The molecule has 0 fully saturated rings. The van der Waals surface area contributed by atoms with Gasteiger partial charge in [-0.15, -0.1) is 0 Å². The molecule has 12 heavy (non-hydrogen) atoms. The molecule has 1 unspecified atom stereocenters. The molecule has 0 heterocycles. The van der Waals surface area contributed by atoms with Crippen LogP contribution in [0.5, 0.6) is 0 Å². The molecule has 0 saturated carbocycles. The fourth-order valence-electron chi connectivity index (χ4n) is 0.956. The fourth-order valence-corrected chi connectivity index (χ4v) is 0.956. The van der Waals surface area contributed by atoms with Gasteiger partial charge in [0.2, 0.25) is 0 Å². The van der Waals surface area contributed by atoms with E-state index in [1.54, 1.807) is 7.11 Å². The van der Waals surface area contributed by atoms with E-state index in [-0.39, 0.29) is 0 Å². The molecular weight excluding hydrogens is 152 g/mol. The molecule has 0 spiro atoms. The molecule has 0 aliphatic carbocycles. The fraction of sp³-hybridized carbons (Fsp3) is 1.00. The molecule has 0 bridgehead atoms. The Labute approximate surface area is 75.9 Å². The Kier molecular flexibility index (Phi) is 8.88. The number of methoxy groups -OCH3 is 1. The second-order valence-electron chi connectivity index (χ2n) is 3.05. The molecule has 0 rings (SSSR count). The van der Waals surface area contributed by atoms with Crippen LogP contribution in [0.2, 0.25) is 0 Å². The monoisotopic (exact) mass is 174 g/mol. The zero-order chi connectivity index (χ0) is 9.23. The molecule has 0 aliphatic rings. The minimum absolute atomic E-state index is 0.557. The van der Waals surface area contributed by atoms with Crippen LogP contribution in [0.3, 0.4) is 0 Å². The van der Waals surface area contributed by atoms with Gasteiger partial charge in [0.1, 0.15) is 0 Å². The van der Waals surface area contributed by atoms with Crippen molar-refractivity contribution in [1.29, 1.82) is 0 Å². The maximum Gasteiger partial charge on any atom is 0.0587 e. The first kappa shape index (κ1) is 11.9. The van der Waals surface area contributed by atoms with Crippen LogP contribution in [0.4, 0.5) is 0 Å². The Morgan fingerprint density at radius 1 is 1.33 bits per heavy atom. The van der Waals surface area contributed by atoms with Gasteiger partial charge in [-0.25, -0.2) is 0 Å². The third-order valence-corrected chi connectivity index (χ3v) is 1.68. The van der Waals surface area contributed by atoms with E-state index in [1.165, 1.54) is 6.42 Å². The molecule has 2 N–H and O–H groups in total. The van der Waals surface area contributed by atoms with Crippen molar-refractivity contribution < 1.29 is 4.74 Å². The van der Waals surface area contributed by atoms with Gasteiger partial charge >= 0.3 is 0 Å². The number of nitrogens with one attached hydrogen (secondary N) is 2.